The normalized spacial score (nSPS) is 16.1. The highest BCUT2D eigenvalue weighted by Gasteiger charge is 2.19. The molecule has 1 heterocycles. The summed E-state index contributed by atoms with van der Waals surface area (Å²) in [6, 6.07) is 10.3. The highest BCUT2D eigenvalue weighted by molar-refractivity contribution is 14.0. The average molecular weight is 568 g/mol. The molecule has 0 saturated heterocycles. The lowest BCUT2D eigenvalue weighted by atomic mass is 9.88. The zero-order valence-electron chi connectivity index (χ0n) is 20.9. The smallest absolute Gasteiger partial charge is 0.191 e. The van der Waals surface area contributed by atoms with Gasteiger partial charge < -0.3 is 15.2 Å². The zero-order chi connectivity index (χ0) is 22.9. The van der Waals surface area contributed by atoms with Gasteiger partial charge in [-0.25, -0.2) is 0 Å². The molecular formula is C25H42IN7. The summed E-state index contributed by atoms with van der Waals surface area (Å²) in [6.45, 7) is 14.5. The van der Waals surface area contributed by atoms with Gasteiger partial charge in [-0.3, -0.25) is 9.89 Å². The Hall–Kier alpha value is -1.68. The molecule has 2 aromatic rings. The van der Waals surface area contributed by atoms with Crippen molar-refractivity contribution in [2.75, 3.05) is 19.6 Å². The summed E-state index contributed by atoms with van der Waals surface area (Å²) in [6.07, 6.45) is 6.00. The van der Waals surface area contributed by atoms with Gasteiger partial charge in [0.05, 0.1) is 6.54 Å². The molecule has 0 spiro atoms. The second kappa shape index (κ2) is 13.9. The number of nitrogens with zero attached hydrogens (tertiary/aromatic N) is 5. The van der Waals surface area contributed by atoms with Gasteiger partial charge in [0.2, 0.25) is 0 Å². The second-order valence-electron chi connectivity index (χ2n) is 9.23. The number of nitrogens with one attached hydrogen (secondary N) is 2. The van der Waals surface area contributed by atoms with Gasteiger partial charge in [-0.1, -0.05) is 31.2 Å². The lowest BCUT2D eigenvalue weighted by molar-refractivity contribution is 0.181. The summed E-state index contributed by atoms with van der Waals surface area (Å²) in [4.78, 5) is 7.44. The van der Waals surface area contributed by atoms with E-state index in [1.54, 1.807) is 0 Å². The van der Waals surface area contributed by atoms with Gasteiger partial charge in [0.1, 0.15) is 12.2 Å². The molecule has 0 fully saturated rings. The topological polar surface area (TPSA) is 70.4 Å². The molecule has 0 saturated carbocycles. The zero-order valence-corrected chi connectivity index (χ0v) is 23.3. The van der Waals surface area contributed by atoms with Crippen molar-refractivity contribution < 1.29 is 0 Å². The monoisotopic (exact) mass is 567 g/mol. The number of hydrogen-bond donors (Lipinski definition) is 2. The van der Waals surface area contributed by atoms with Crippen molar-refractivity contribution >= 4 is 29.9 Å². The summed E-state index contributed by atoms with van der Waals surface area (Å²) < 4.78 is 2.11. The second-order valence-corrected chi connectivity index (χ2v) is 9.23. The van der Waals surface area contributed by atoms with Crippen LogP contribution < -0.4 is 10.6 Å². The lowest BCUT2D eigenvalue weighted by Gasteiger charge is -2.30. The van der Waals surface area contributed by atoms with E-state index < -0.39 is 0 Å². The van der Waals surface area contributed by atoms with E-state index in [-0.39, 0.29) is 24.0 Å². The molecule has 33 heavy (non-hydrogen) atoms. The molecule has 184 valence electrons. The van der Waals surface area contributed by atoms with E-state index in [9.17, 15) is 0 Å². The van der Waals surface area contributed by atoms with Gasteiger partial charge in [0, 0.05) is 44.2 Å². The fourth-order valence-electron chi connectivity index (χ4n) is 4.59. The standard InChI is InChI=1S/C25H41N7.HI/c1-6-24-30-28-18-31(24)15-13-26-25(27-14-16-32(19(2)3)20(4)5)29-23-12-11-21-9-7-8-10-22(21)17-23;/h7-10,18-20,23H,6,11-17H2,1-5H3,(H2,26,27,29);1H. The molecule has 1 unspecified atom stereocenters. The Morgan fingerprint density at radius 2 is 1.91 bits per heavy atom. The maximum Gasteiger partial charge on any atom is 0.191 e. The Balaban J connectivity index is 0.00000385. The van der Waals surface area contributed by atoms with E-state index in [1.807, 2.05) is 6.33 Å². The number of aryl methyl sites for hydroxylation is 2. The highest BCUT2D eigenvalue weighted by Crippen LogP contribution is 2.20. The molecule has 1 aromatic heterocycles. The fraction of sp³-hybridized carbons (Fsp3) is 0.640. The van der Waals surface area contributed by atoms with Gasteiger partial charge in [-0.15, -0.1) is 34.2 Å². The van der Waals surface area contributed by atoms with E-state index in [0.29, 0.717) is 18.1 Å². The molecule has 8 heteroatoms. The highest BCUT2D eigenvalue weighted by atomic mass is 127. The number of fused-ring (bicyclic) bond motifs is 1. The van der Waals surface area contributed by atoms with Gasteiger partial charge in [0.25, 0.3) is 0 Å². The molecule has 1 atom stereocenters. The molecule has 1 aliphatic rings. The number of benzene rings is 1. The summed E-state index contributed by atoms with van der Waals surface area (Å²) >= 11 is 0. The summed E-state index contributed by atoms with van der Waals surface area (Å²) in [7, 11) is 0. The van der Waals surface area contributed by atoms with Gasteiger partial charge in [-0.05, 0) is 58.1 Å². The van der Waals surface area contributed by atoms with E-state index in [0.717, 1.165) is 63.6 Å². The predicted molar refractivity (Wildman–Crippen MR) is 147 cm³/mol. The van der Waals surface area contributed by atoms with Crippen LogP contribution in [0.25, 0.3) is 0 Å². The Bertz CT molecular complexity index is 854. The van der Waals surface area contributed by atoms with Crippen molar-refractivity contribution in [3.05, 3.63) is 47.5 Å². The third kappa shape index (κ3) is 8.24. The fourth-order valence-corrected chi connectivity index (χ4v) is 4.59. The van der Waals surface area contributed by atoms with Gasteiger partial charge >= 0.3 is 0 Å². The number of halogens is 1. The number of aliphatic imine (C=N–C) groups is 1. The predicted octanol–water partition coefficient (Wildman–Crippen LogP) is 3.67. The molecule has 1 aromatic carbocycles. The molecule has 0 bridgehead atoms. The van der Waals surface area contributed by atoms with Crippen molar-refractivity contribution in [1.82, 2.24) is 30.3 Å². The van der Waals surface area contributed by atoms with E-state index in [4.69, 9.17) is 4.99 Å². The molecule has 0 radical (unpaired) electrons. The summed E-state index contributed by atoms with van der Waals surface area (Å²) in [5.74, 6) is 1.93. The van der Waals surface area contributed by atoms with E-state index in [2.05, 4.69) is 89.2 Å². The van der Waals surface area contributed by atoms with Crippen LogP contribution in [0, 0.1) is 0 Å². The van der Waals surface area contributed by atoms with Crippen molar-refractivity contribution in [2.24, 2.45) is 4.99 Å². The number of aromatic nitrogens is 3. The Labute approximate surface area is 216 Å². The molecule has 1 aliphatic carbocycles. The van der Waals surface area contributed by atoms with Crippen LogP contribution in [0.15, 0.2) is 35.6 Å². The van der Waals surface area contributed by atoms with Crippen LogP contribution in [0.3, 0.4) is 0 Å². The lowest BCUT2D eigenvalue weighted by Crippen LogP contribution is -2.47. The van der Waals surface area contributed by atoms with Crippen LogP contribution >= 0.6 is 24.0 Å². The first kappa shape index (κ1) is 27.6. The maximum absolute atomic E-state index is 4.95. The van der Waals surface area contributed by atoms with Crippen LogP contribution in [0.5, 0.6) is 0 Å². The third-order valence-corrected chi connectivity index (χ3v) is 6.30. The third-order valence-electron chi connectivity index (χ3n) is 6.30. The van der Waals surface area contributed by atoms with E-state index in [1.165, 1.54) is 11.1 Å². The number of guanidine groups is 1. The molecule has 3 rings (SSSR count). The summed E-state index contributed by atoms with van der Waals surface area (Å²) in [5.41, 5.74) is 2.94. The molecular weight excluding hydrogens is 525 g/mol. The molecule has 2 N–H and O–H groups in total. The quantitative estimate of drug-likeness (QED) is 0.261. The van der Waals surface area contributed by atoms with Crippen LogP contribution in [0.2, 0.25) is 0 Å². The number of hydrogen-bond acceptors (Lipinski definition) is 4. The Kier molecular flexibility index (Phi) is 11.6. The van der Waals surface area contributed by atoms with Crippen molar-refractivity contribution in [3.8, 4) is 0 Å². The first-order valence-corrected chi connectivity index (χ1v) is 12.2. The minimum absolute atomic E-state index is 0. The van der Waals surface area contributed by atoms with Crippen LogP contribution in [-0.2, 0) is 25.8 Å². The van der Waals surface area contributed by atoms with Gasteiger partial charge in [-0.2, -0.15) is 0 Å². The van der Waals surface area contributed by atoms with Gasteiger partial charge in [0.15, 0.2) is 5.96 Å². The van der Waals surface area contributed by atoms with Crippen LogP contribution in [0.1, 0.15) is 58.0 Å². The number of rotatable bonds is 10. The molecule has 7 nitrogen and oxygen atoms in total. The minimum atomic E-state index is 0. The van der Waals surface area contributed by atoms with Crippen LogP contribution in [0.4, 0.5) is 0 Å². The molecule has 0 aliphatic heterocycles. The maximum atomic E-state index is 4.95. The minimum Gasteiger partial charge on any atom is -0.355 e. The van der Waals surface area contributed by atoms with Crippen molar-refractivity contribution in [1.29, 1.82) is 0 Å². The SMILES string of the molecule is CCc1nncn1CCNC(=NCCN(C(C)C)C(C)C)NC1CCc2ccccc2C1.I. The summed E-state index contributed by atoms with van der Waals surface area (Å²) in [5, 5.41) is 15.5. The molecule has 0 amide bonds. The van der Waals surface area contributed by atoms with E-state index >= 15 is 0 Å². The first-order chi connectivity index (χ1) is 15.5. The van der Waals surface area contributed by atoms with Crippen molar-refractivity contribution in [3.63, 3.8) is 0 Å². The average Bonchev–Trinajstić information content (AvgIpc) is 3.23. The Morgan fingerprint density at radius 1 is 1.18 bits per heavy atom. The van der Waals surface area contributed by atoms with Crippen LogP contribution in [-0.4, -0.2) is 63.4 Å². The first-order valence-electron chi connectivity index (χ1n) is 12.2. The Morgan fingerprint density at radius 3 is 2.61 bits per heavy atom. The van der Waals surface area contributed by atoms with Crippen molar-refractivity contribution in [2.45, 2.75) is 85.0 Å². The largest absolute Gasteiger partial charge is 0.355 e.